The van der Waals surface area contributed by atoms with E-state index in [4.69, 9.17) is 9.47 Å². The molecule has 0 aromatic heterocycles. The van der Waals surface area contributed by atoms with E-state index in [9.17, 15) is 8.42 Å². The van der Waals surface area contributed by atoms with Crippen molar-refractivity contribution in [3.8, 4) is 11.5 Å². The Hall–Kier alpha value is -0.790. The average molecular weight is 376 g/mol. The van der Waals surface area contributed by atoms with Crippen molar-refractivity contribution in [3.05, 3.63) is 18.2 Å². The molecule has 0 radical (unpaired) electrons. The van der Waals surface area contributed by atoms with Gasteiger partial charge in [0, 0.05) is 17.4 Å². The number of halogens is 1. The Balaban J connectivity index is 1.69. The van der Waals surface area contributed by atoms with Crippen LogP contribution < -0.4 is 14.2 Å². The molecule has 0 amide bonds. The van der Waals surface area contributed by atoms with E-state index in [-0.39, 0.29) is 4.90 Å². The van der Waals surface area contributed by atoms with Crippen LogP contribution in [-0.2, 0) is 10.0 Å². The Morgan fingerprint density at radius 1 is 1.19 bits per heavy atom. The fourth-order valence-electron chi connectivity index (χ4n) is 2.70. The average Bonchev–Trinajstić information content (AvgIpc) is 2.90. The van der Waals surface area contributed by atoms with Crippen LogP contribution >= 0.6 is 15.9 Å². The molecule has 2 aliphatic rings. The second-order valence-electron chi connectivity index (χ2n) is 5.43. The SMILES string of the molecule is O=S(=O)(NCC1CCC(Br)C1)c1ccc2c(c1)OCCO2. The van der Waals surface area contributed by atoms with Crippen molar-refractivity contribution in [1.82, 2.24) is 4.72 Å². The quantitative estimate of drug-likeness (QED) is 0.820. The smallest absolute Gasteiger partial charge is 0.240 e. The van der Waals surface area contributed by atoms with Crippen LogP contribution in [0.4, 0.5) is 0 Å². The van der Waals surface area contributed by atoms with E-state index in [0.717, 1.165) is 19.3 Å². The van der Waals surface area contributed by atoms with Crippen LogP contribution in [0.15, 0.2) is 23.1 Å². The van der Waals surface area contributed by atoms with Gasteiger partial charge in [0.25, 0.3) is 0 Å². The predicted molar refractivity (Wildman–Crippen MR) is 82.7 cm³/mol. The number of fused-ring (bicyclic) bond motifs is 1. The molecule has 1 fully saturated rings. The highest BCUT2D eigenvalue weighted by Crippen LogP contribution is 2.33. The lowest BCUT2D eigenvalue weighted by atomic mass is 10.1. The zero-order chi connectivity index (χ0) is 14.9. The van der Waals surface area contributed by atoms with Crippen molar-refractivity contribution >= 4 is 26.0 Å². The van der Waals surface area contributed by atoms with Crippen LogP contribution in [0.5, 0.6) is 11.5 Å². The first-order valence-electron chi connectivity index (χ1n) is 7.08. The van der Waals surface area contributed by atoms with E-state index >= 15 is 0 Å². The van der Waals surface area contributed by atoms with Gasteiger partial charge in [-0.25, -0.2) is 13.1 Å². The van der Waals surface area contributed by atoms with E-state index < -0.39 is 10.0 Å². The molecular formula is C14H18BrNO4S. The lowest BCUT2D eigenvalue weighted by Gasteiger charge is -2.19. The molecule has 0 bridgehead atoms. The molecule has 7 heteroatoms. The third kappa shape index (κ3) is 3.52. The Kier molecular flexibility index (Phi) is 4.42. The van der Waals surface area contributed by atoms with Crippen molar-refractivity contribution in [1.29, 1.82) is 0 Å². The van der Waals surface area contributed by atoms with Gasteiger partial charge in [0.1, 0.15) is 13.2 Å². The normalized spacial score (nSPS) is 25.0. The first-order chi connectivity index (χ1) is 10.0. The molecule has 3 rings (SSSR count). The van der Waals surface area contributed by atoms with Gasteiger partial charge in [-0.15, -0.1) is 0 Å². The van der Waals surface area contributed by atoms with Crippen LogP contribution in [0.2, 0.25) is 0 Å². The summed E-state index contributed by atoms with van der Waals surface area (Å²) in [5, 5.41) is 0. The summed E-state index contributed by atoms with van der Waals surface area (Å²) >= 11 is 3.58. The number of ether oxygens (including phenoxy) is 2. The number of hydrogen-bond acceptors (Lipinski definition) is 4. The number of alkyl halides is 1. The molecule has 2 unspecified atom stereocenters. The standard InChI is InChI=1S/C14H18BrNO4S/c15-11-2-1-10(7-11)9-16-21(17,18)12-3-4-13-14(8-12)20-6-5-19-13/h3-4,8,10-11,16H,1-2,5-7,9H2. The zero-order valence-corrected chi connectivity index (χ0v) is 14.0. The number of sulfonamides is 1. The molecule has 5 nitrogen and oxygen atoms in total. The summed E-state index contributed by atoms with van der Waals surface area (Å²) in [5.41, 5.74) is 0. The van der Waals surface area contributed by atoms with Gasteiger partial charge in [0.05, 0.1) is 4.90 Å². The molecule has 116 valence electrons. The van der Waals surface area contributed by atoms with Gasteiger partial charge in [-0.05, 0) is 37.3 Å². The molecule has 0 saturated heterocycles. The second kappa shape index (κ2) is 6.14. The Labute approximate surface area is 133 Å². The largest absolute Gasteiger partial charge is 0.486 e. The molecule has 1 aromatic carbocycles. The molecule has 1 aliphatic carbocycles. The van der Waals surface area contributed by atoms with Gasteiger partial charge < -0.3 is 9.47 Å². The Morgan fingerprint density at radius 2 is 1.95 bits per heavy atom. The third-order valence-electron chi connectivity index (χ3n) is 3.86. The molecule has 1 aromatic rings. The Bertz CT molecular complexity index is 619. The van der Waals surface area contributed by atoms with Gasteiger partial charge in [0.2, 0.25) is 10.0 Å². The maximum absolute atomic E-state index is 12.3. The van der Waals surface area contributed by atoms with Crippen LogP contribution in [0, 0.1) is 5.92 Å². The minimum absolute atomic E-state index is 0.222. The van der Waals surface area contributed by atoms with E-state index in [0.29, 0.717) is 42.0 Å². The van der Waals surface area contributed by atoms with E-state index in [1.54, 1.807) is 12.1 Å². The summed E-state index contributed by atoms with van der Waals surface area (Å²) in [4.78, 5) is 0.737. The summed E-state index contributed by atoms with van der Waals surface area (Å²) in [6.07, 6.45) is 3.18. The summed E-state index contributed by atoms with van der Waals surface area (Å²) in [6, 6.07) is 4.73. The minimum atomic E-state index is -3.50. The van der Waals surface area contributed by atoms with Crippen molar-refractivity contribution in [2.75, 3.05) is 19.8 Å². The van der Waals surface area contributed by atoms with Crippen molar-refractivity contribution in [2.45, 2.75) is 29.0 Å². The molecule has 1 saturated carbocycles. The lowest BCUT2D eigenvalue weighted by molar-refractivity contribution is 0.171. The van der Waals surface area contributed by atoms with Gasteiger partial charge in [-0.2, -0.15) is 0 Å². The molecule has 1 N–H and O–H groups in total. The maximum atomic E-state index is 12.3. The molecule has 1 heterocycles. The molecule has 0 spiro atoms. The van der Waals surface area contributed by atoms with Crippen molar-refractivity contribution < 1.29 is 17.9 Å². The molecule has 1 aliphatic heterocycles. The lowest BCUT2D eigenvalue weighted by Crippen LogP contribution is -2.29. The summed E-state index contributed by atoms with van der Waals surface area (Å²) in [7, 11) is -3.50. The predicted octanol–water partition coefficient (Wildman–Crippen LogP) is 2.30. The van der Waals surface area contributed by atoms with Gasteiger partial charge >= 0.3 is 0 Å². The fraction of sp³-hybridized carbons (Fsp3) is 0.571. The summed E-state index contributed by atoms with van der Waals surface area (Å²) < 4.78 is 38.2. The molecular weight excluding hydrogens is 358 g/mol. The second-order valence-corrected chi connectivity index (χ2v) is 8.50. The van der Waals surface area contributed by atoms with Crippen LogP contribution in [0.1, 0.15) is 19.3 Å². The highest BCUT2D eigenvalue weighted by molar-refractivity contribution is 9.09. The van der Waals surface area contributed by atoms with Gasteiger partial charge in [0.15, 0.2) is 11.5 Å². The van der Waals surface area contributed by atoms with Crippen molar-refractivity contribution in [3.63, 3.8) is 0 Å². The van der Waals surface area contributed by atoms with Gasteiger partial charge in [-0.3, -0.25) is 0 Å². The maximum Gasteiger partial charge on any atom is 0.240 e. The van der Waals surface area contributed by atoms with Crippen LogP contribution in [0.3, 0.4) is 0 Å². The number of nitrogens with one attached hydrogen (secondary N) is 1. The first kappa shape index (κ1) is 15.1. The highest BCUT2D eigenvalue weighted by Gasteiger charge is 2.25. The van der Waals surface area contributed by atoms with Gasteiger partial charge in [-0.1, -0.05) is 15.9 Å². The number of benzene rings is 1. The Morgan fingerprint density at radius 3 is 2.67 bits per heavy atom. The zero-order valence-electron chi connectivity index (χ0n) is 11.5. The van der Waals surface area contributed by atoms with Crippen LogP contribution in [-0.4, -0.2) is 33.0 Å². The minimum Gasteiger partial charge on any atom is -0.486 e. The first-order valence-corrected chi connectivity index (χ1v) is 9.48. The topological polar surface area (TPSA) is 64.6 Å². The monoisotopic (exact) mass is 375 g/mol. The summed E-state index contributed by atoms with van der Waals surface area (Å²) in [6.45, 7) is 1.42. The molecule has 21 heavy (non-hydrogen) atoms. The number of hydrogen-bond donors (Lipinski definition) is 1. The number of rotatable bonds is 4. The van der Waals surface area contributed by atoms with E-state index in [1.807, 2.05) is 0 Å². The highest BCUT2D eigenvalue weighted by atomic mass is 79.9. The third-order valence-corrected chi connectivity index (χ3v) is 6.12. The fourth-order valence-corrected chi connectivity index (χ4v) is 4.63. The van der Waals surface area contributed by atoms with E-state index in [2.05, 4.69) is 20.7 Å². The van der Waals surface area contributed by atoms with Crippen molar-refractivity contribution in [2.24, 2.45) is 5.92 Å². The summed E-state index contributed by atoms with van der Waals surface area (Å²) in [5.74, 6) is 1.49. The van der Waals surface area contributed by atoms with Crippen LogP contribution in [0.25, 0.3) is 0 Å². The van der Waals surface area contributed by atoms with E-state index in [1.165, 1.54) is 6.07 Å². The molecule has 2 atom stereocenters.